The van der Waals surface area contributed by atoms with Crippen LogP contribution in [0, 0.1) is 11.3 Å². The summed E-state index contributed by atoms with van der Waals surface area (Å²) in [6.07, 6.45) is 3.27. The molecule has 0 unspecified atom stereocenters. The van der Waals surface area contributed by atoms with Gasteiger partial charge in [0.05, 0.1) is 24.6 Å². The molecule has 0 amide bonds. The number of carbonyl (C=O) groups excluding carboxylic acids is 1. The van der Waals surface area contributed by atoms with Gasteiger partial charge in [0.25, 0.3) is 0 Å². The summed E-state index contributed by atoms with van der Waals surface area (Å²) in [6, 6.07) is 9.05. The van der Waals surface area contributed by atoms with E-state index >= 15 is 0 Å². The van der Waals surface area contributed by atoms with Gasteiger partial charge in [-0.1, -0.05) is 6.92 Å². The van der Waals surface area contributed by atoms with Crippen molar-refractivity contribution in [1.29, 1.82) is 5.26 Å². The lowest BCUT2D eigenvalue weighted by molar-refractivity contribution is 0.112. The summed E-state index contributed by atoms with van der Waals surface area (Å²) < 4.78 is 5.31. The van der Waals surface area contributed by atoms with Crippen LogP contribution in [-0.2, 0) is 13.0 Å². The molecule has 0 atom stereocenters. The van der Waals surface area contributed by atoms with Crippen LogP contribution in [-0.4, -0.2) is 18.4 Å². The normalized spacial score (nSPS) is 9.86. The minimum Gasteiger partial charge on any atom is -0.495 e. The number of ether oxygens (including phenoxy) is 1. The summed E-state index contributed by atoms with van der Waals surface area (Å²) in [4.78, 5) is 15.1. The predicted octanol–water partition coefficient (Wildman–Crippen LogP) is 2.95. The monoisotopic (exact) mass is 295 g/mol. The maximum absolute atomic E-state index is 10.8. The van der Waals surface area contributed by atoms with Crippen LogP contribution in [0.3, 0.4) is 0 Å². The summed E-state index contributed by atoms with van der Waals surface area (Å²) in [5, 5.41) is 12.4. The summed E-state index contributed by atoms with van der Waals surface area (Å²) in [6.45, 7) is 2.55. The third kappa shape index (κ3) is 3.41. The second kappa shape index (κ2) is 7.23. The molecule has 2 aromatic rings. The molecule has 1 aromatic heterocycles. The maximum Gasteiger partial charge on any atom is 0.150 e. The summed E-state index contributed by atoms with van der Waals surface area (Å²) in [5.41, 5.74) is 3.56. The molecule has 0 saturated carbocycles. The Kier molecular flexibility index (Phi) is 5.10. The quantitative estimate of drug-likeness (QED) is 0.829. The number of aromatic nitrogens is 1. The Labute approximate surface area is 129 Å². The largest absolute Gasteiger partial charge is 0.495 e. The van der Waals surface area contributed by atoms with Gasteiger partial charge >= 0.3 is 0 Å². The van der Waals surface area contributed by atoms with Gasteiger partial charge in [0.1, 0.15) is 18.1 Å². The van der Waals surface area contributed by atoms with Crippen molar-refractivity contribution in [3.63, 3.8) is 0 Å². The van der Waals surface area contributed by atoms with Crippen LogP contribution in [0.2, 0.25) is 0 Å². The average molecular weight is 295 g/mol. The van der Waals surface area contributed by atoms with Gasteiger partial charge in [-0.05, 0) is 30.7 Å². The minimum absolute atomic E-state index is 0.438. The molecule has 0 saturated heterocycles. The Morgan fingerprint density at radius 3 is 2.86 bits per heavy atom. The molecule has 0 radical (unpaired) electrons. The van der Waals surface area contributed by atoms with Crippen LogP contribution >= 0.6 is 0 Å². The fourth-order valence-corrected chi connectivity index (χ4v) is 2.12. The Morgan fingerprint density at radius 1 is 1.41 bits per heavy atom. The highest BCUT2D eigenvalue weighted by Gasteiger charge is 2.07. The van der Waals surface area contributed by atoms with Gasteiger partial charge in [-0.15, -0.1) is 0 Å². The highest BCUT2D eigenvalue weighted by Crippen LogP contribution is 2.22. The van der Waals surface area contributed by atoms with Gasteiger partial charge in [0.2, 0.25) is 0 Å². The SMILES string of the molecule is CCc1cc(CNc2ccc(C=O)cc2C#N)c(OC)cn1. The summed E-state index contributed by atoms with van der Waals surface area (Å²) in [7, 11) is 1.60. The van der Waals surface area contributed by atoms with Crippen LogP contribution in [0.15, 0.2) is 30.5 Å². The van der Waals surface area contributed by atoms with Crippen LogP contribution < -0.4 is 10.1 Å². The van der Waals surface area contributed by atoms with E-state index in [1.54, 1.807) is 31.5 Å². The van der Waals surface area contributed by atoms with E-state index in [1.807, 2.05) is 13.0 Å². The number of methoxy groups -OCH3 is 1. The first-order valence-electron chi connectivity index (χ1n) is 6.96. The van der Waals surface area contributed by atoms with E-state index in [0.29, 0.717) is 29.1 Å². The first-order chi connectivity index (χ1) is 10.7. The van der Waals surface area contributed by atoms with Crippen molar-refractivity contribution in [2.75, 3.05) is 12.4 Å². The molecule has 5 nitrogen and oxygen atoms in total. The van der Waals surface area contributed by atoms with Crippen molar-refractivity contribution in [1.82, 2.24) is 4.98 Å². The molecule has 0 aliphatic heterocycles. The highest BCUT2D eigenvalue weighted by molar-refractivity contribution is 5.77. The van der Waals surface area contributed by atoms with E-state index in [-0.39, 0.29) is 0 Å². The molecule has 1 heterocycles. The molecule has 0 bridgehead atoms. The summed E-state index contributed by atoms with van der Waals surface area (Å²) in [5.74, 6) is 0.702. The third-order valence-electron chi connectivity index (χ3n) is 3.36. The van der Waals surface area contributed by atoms with Gasteiger partial charge in [-0.2, -0.15) is 5.26 Å². The zero-order chi connectivity index (χ0) is 15.9. The average Bonchev–Trinajstić information content (AvgIpc) is 2.59. The molecular weight excluding hydrogens is 278 g/mol. The third-order valence-corrected chi connectivity index (χ3v) is 3.36. The lowest BCUT2D eigenvalue weighted by atomic mass is 10.1. The highest BCUT2D eigenvalue weighted by atomic mass is 16.5. The number of hydrogen-bond donors (Lipinski definition) is 1. The number of aryl methyl sites for hydroxylation is 1. The Morgan fingerprint density at radius 2 is 2.23 bits per heavy atom. The molecule has 22 heavy (non-hydrogen) atoms. The number of nitriles is 1. The van der Waals surface area contributed by atoms with Gasteiger partial charge in [-0.25, -0.2) is 0 Å². The molecule has 0 spiro atoms. The smallest absolute Gasteiger partial charge is 0.150 e. The Balaban J connectivity index is 2.23. The topological polar surface area (TPSA) is 75.0 Å². The van der Waals surface area contributed by atoms with E-state index < -0.39 is 0 Å². The van der Waals surface area contributed by atoms with Crippen molar-refractivity contribution in [2.45, 2.75) is 19.9 Å². The van der Waals surface area contributed by atoms with Crippen molar-refractivity contribution >= 4 is 12.0 Å². The first kappa shape index (κ1) is 15.5. The van der Waals surface area contributed by atoms with Crippen molar-refractivity contribution in [3.05, 3.63) is 52.8 Å². The lowest BCUT2D eigenvalue weighted by Gasteiger charge is -2.12. The second-order valence-electron chi connectivity index (χ2n) is 4.73. The van der Waals surface area contributed by atoms with E-state index in [1.165, 1.54) is 0 Å². The fraction of sp³-hybridized carbons (Fsp3) is 0.235. The molecule has 0 fully saturated rings. The molecule has 1 aromatic carbocycles. The molecule has 5 heteroatoms. The number of nitrogens with zero attached hydrogens (tertiary/aromatic N) is 2. The Bertz CT molecular complexity index is 720. The molecule has 0 aliphatic rings. The van der Waals surface area contributed by atoms with Crippen molar-refractivity contribution < 1.29 is 9.53 Å². The van der Waals surface area contributed by atoms with Gasteiger partial charge in [0.15, 0.2) is 0 Å². The van der Waals surface area contributed by atoms with Gasteiger partial charge < -0.3 is 10.1 Å². The van der Waals surface area contributed by atoms with Crippen LogP contribution in [0.25, 0.3) is 0 Å². The van der Waals surface area contributed by atoms with Gasteiger partial charge in [-0.3, -0.25) is 9.78 Å². The predicted molar refractivity (Wildman–Crippen MR) is 84.0 cm³/mol. The number of pyridine rings is 1. The number of hydrogen-bond acceptors (Lipinski definition) is 5. The van der Waals surface area contributed by atoms with E-state index in [4.69, 9.17) is 4.74 Å². The zero-order valence-corrected chi connectivity index (χ0v) is 12.6. The molecular formula is C17H17N3O2. The van der Waals surface area contributed by atoms with E-state index in [9.17, 15) is 10.1 Å². The number of carbonyl (C=O) groups is 1. The van der Waals surface area contributed by atoms with Crippen molar-refractivity contribution in [2.24, 2.45) is 0 Å². The van der Waals surface area contributed by atoms with E-state index in [0.717, 1.165) is 24.0 Å². The molecule has 1 N–H and O–H groups in total. The van der Waals surface area contributed by atoms with Gasteiger partial charge in [0, 0.05) is 23.4 Å². The maximum atomic E-state index is 10.8. The number of aldehydes is 1. The lowest BCUT2D eigenvalue weighted by Crippen LogP contribution is -2.05. The number of anilines is 1. The molecule has 2 rings (SSSR count). The van der Waals surface area contributed by atoms with Crippen LogP contribution in [0.4, 0.5) is 5.69 Å². The fourth-order valence-electron chi connectivity index (χ4n) is 2.12. The van der Waals surface area contributed by atoms with Crippen molar-refractivity contribution in [3.8, 4) is 11.8 Å². The van der Waals surface area contributed by atoms with Crippen LogP contribution in [0.1, 0.15) is 34.1 Å². The minimum atomic E-state index is 0.438. The zero-order valence-electron chi connectivity index (χ0n) is 12.6. The first-order valence-corrected chi connectivity index (χ1v) is 6.96. The van der Waals surface area contributed by atoms with Crippen LogP contribution in [0.5, 0.6) is 5.75 Å². The van der Waals surface area contributed by atoms with E-state index in [2.05, 4.69) is 16.4 Å². The standard InChI is InChI=1S/C17H17N3O2/c1-3-15-7-14(17(22-2)10-19-15)9-20-16-5-4-12(11-21)6-13(16)8-18/h4-7,10-11,20H,3,9H2,1-2H3. The number of benzene rings is 1. The second-order valence-corrected chi connectivity index (χ2v) is 4.73. The molecule has 112 valence electrons. The Hall–Kier alpha value is -2.87. The number of rotatable bonds is 6. The number of nitrogens with one attached hydrogen (secondary N) is 1. The molecule has 0 aliphatic carbocycles. The summed E-state index contributed by atoms with van der Waals surface area (Å²) >= 11 is 0.